The first-order valence-electron chi connectivity index (χ1n) is 12.7. The first kappa shape index (κ1) is 23.4. The molecule has 4 aromatic carbocycles. The number of amidine groups is 1. The van der Waals surface area contributed by atoms with Gasteiger partial charge in [-0.25, -0.2) is 0 Å². The summed E-state index contributed by atoms with van der Waals surface area (Å²) in [7, 11) is 0. The molecule has 1 aliphatic rings. The van der Waals surface area contributed by atoms with Gasteiger partial charge in [-0.2, -0.15) is 15.4 Å². The Morgan fingerprint density at radius 2 is 1.13 bits per heavy atom. The average Bonchev–Trinajstić information content (AvgIpc) is 3.67. The average molecular weight is 501 g/mol. The summed E-state index contributed by atoms with van der Waals surface area (Å²) >= 11 is 0. The number of nitrogens with zero attached hydrogens (tertiary/aromatic N) is 6. The topological polar surface area (TPSA) is 85.3 Å². The van der Waals surface area contributed by atoms with Gasteiger partial charge in [-0.3, -0.25) is 5.43 Å². The summed E-state index contributed by atoms with van der Waals surface area (Å²) in [5.41, 5.74) is 8.01. The van der Waals surface area contributed by atoms with Gasteiger partial charge in [-0.1, -0.05) is 102 Å². The molecule has 8 heteroatoms. The Morgan fingerprint density at radius 3 is 1.68 bits per heavy atom. The van der Waals surface area contributed by atoms with Gasteiger partial charge in [0.2, 0.25) is 0 Å². The second-order valence-electron chi connectivity index (χ2n) is 9.20. The number of aromatic nitrogens is 4. The summed E-state index contributed by atoms with van der Waals surface area (Å²) in [5, 5.41) is 24.0. The number of H-pyrrole nitrogens is 1. The van der Waals surface area contributed by atoms with Gasteiger partial charge in [-0.15, -0.1) is 15.3 Å². The van der Waals surface area contributed by atoms with E-state index in [4.69, 9.17) is 5.10 Å². The number of hydrogen-bond acceptors (Lipinski definition) is 7. The number of tetrazole rings is 1. The van der Waals surface area contributed by atoms with Crippen molar-refractivity contribution in [2.45, 2.75) is 24.7 Å². The van der Waals surface area contributed by atoms with E-state index in [0.29, 0.717) is 18.7 Å². The van der Waals surface area contributed by atoms with E-state index in [2.05, 4.69) is 105 Å². The van der Waals surface area contributed by atoms with Gasteiger partial charge >= 0.3 is 0 Å². The Bertz CT molecular complexity index is 1440. The maximum Gasteiger partial charge on any atom is 0.175 e. The Balaban J connectivity index is 1.38. The third-order valence-electron chi connectivity index (χ3n) is 6.77. The molecule has 2 unspecified atom stereocenters. The molecule has 5 aromatic rings. The highest BCUT2D eigenvalue weighted by Gasteiger charge is 2.32. The largest absolute Gasteiger partial charge is 0.263 e. The summed E-state index contributed by atoms with van der Waals surface area (Å²) in [5.74, 6) is 1.78. The number of benzene rings is 4. The standard InChI is InChI=1S/C30H28N8/c1-5-13-23(14-6-1)27(21-29-31-35-36-32-29)28(24-15-7-2-8-16-24)22-30-33-37(25-17-9-3-10-18-25)38(34-30)26-19-11-4-12-20-26/h1-20,27-28H,21-22H2,(H,33,34)(H,31,32,35,36). The molecule has 2 atom stereocenters. The van der Waals surface area contributed by atoms with Crippen LogP contribution < -0.4 is 15.7 Å². The van der Waals surface area contributed by atoms with Crippen molar-refractivity contribution in [3.05, 3.63) is 138 Å². The van der Waals surface area contributed by atoms with Crippen molar-refractivity contribution in [1.82, 2.24) is 26.0 Å². The normalized spacial score (nSPS) is 14.6. The zero-order valence-corrected chi connectivity index (χ0v) is 20.8. The number of aromatic amines is 1. The van der Waals surface area contributed by atoms with E-state index in [0.717, 1.165) is 17.2 Å². The maximum absolute atomic E-state index is 5.07. The highest BCUT2D eigenvalue weighted by atomic mass is 15.9. The molecule has 0 spiro atoms. The molecule has 0 amide bonds. The van der Waals surface area contributed by atoms with Crippen LogP contribution in [0.3, 0.4) is 0 Å². The molecule has 0 aliphatic carbocycles. The lowest BCUT2D eigenvalue weighted by molar-refractivity contribution is 0.533. The number of nitrogens with one attached hydrogen (secondary N) is 2. The lowest BCUT2D eigenvalue weighted by Gasteiger charge is -2.29. The van der Waals surface area contributed by atoms with Gasteiger partial charge < -0.3 is 0 Å². The van der Waals surface area contributed by atoms with Crippen LogP contribution in [0.4, 0.5) is 11.4 Å². The number of para-hydroxylation sites is 2. The van der Waals surface area contributed by atoms with Gasteiger partial charge in [-0.05, 0) is 47.2 Å². The molecule has 38 heavy (non-hydrogen) atoms. The molecular formula is C30H28N8. The lowest BCUT2D eigenvalue weighted by Crippen LogP contribution is -2.44. The van der Waals surface area contributed by atoms with Crippen LogP contribution in [0.25, 0.3) is 0 Å². The summed E-state index contributed by atoms with van der Waals surface area (Å²) in [6, 6.07) is 41.6. The van der Waals surface area contributed by atoms with Crippen molar-refractivity contribution in [3.8, 4) is 0 Å². The van der Waals surface area contributed by atoms with E-state index >= 15 is 0 Å². The SMILES string of the molecule is c1ccc(C(CC2=NN(c3ccccc3)N(c3ccccc3)N2)C(Cc2nn[nH]n2)c2ccccc2)cc1. The molecule has 1 aliphatic heterocycles. The minimum absolute atomic E-state index is 0.108. The molecule has 0 saturated heterocycles. The fourth-order valence-electron chi connectivity index (χ4n) is 4.97. The molecule has 0 fully saturated rings. The maximum atomic E-state index is 5.07. The smallest absolute Gasteiger partial charge is 0.175 e. The number of hydrazine groups is 2. The highest BCUT2D eigenvalue weighted by Crippen LogP contribution is 2.39. The van der Waals surface area contributed by atoms with E-state index in [-0.39, 0.29) is 11.8 Å². The number of hydrogen-bond donors (Lipinski definition) is 2. The fraction of sp³-hybridized carbons (Fsp3) is 0.133. The number of anilines is 2. The zero-order valence-electron chi connectivity index (χ0n) is 20.8. The first-order valence-corrected chi connectivity index (χ1v) is 12.7. The summed E-state index contributed by atoms with van der Waals surface area (Å²) in [4.78, 5) is 0. The van der Waals surface area contributed by atoms with Crippen molar-refractivity contribution in [3.63, 3.8) is 0 Å². The predicted molar refractivity (Wildman–Crippen MR) is 149 cm³/mol. The Morgan fingerprint density at radius 1 is 0.605 bits per heavy atom. The Kier molecular flexibility index (Phi) is 6.76. The van der Waals surface area contributed by atoms with Crippen molar-refractivity contribution in [2.75, 3.05) is 10.2 Å². The highest BCUT2D eigenvalue weighted by molar-refractivity contribution is 5.89. The Hall–Kier alpha value is -4.98. The van der Waals surface area contributed by atoms with Crippen molar-refractivity contribution < 1.29 is 0 Å². The van der Waals surface area contributed by atoms with Crippen LogP contribution in [0.2, 0.25) is 0 Å². The minimum Gasteiger partial charge on any atom is -0.263 e. The second-order valence-corrected chi connectivity index (χ2v) is 9.20. The summed E-state index contributed by atoms with van der Waals surface area (Å²) in [6.45, 7) is 0. The molecule has 0 bridgehead atoms. The molecular weight excluding hydrogens is 472 g/mol. The molecule has 0 radical (unpaired) electrons. The van der Waals surface area contributed by atoms with E-state index in [1.807, 2.05) is 52.7 Å². The van der Waals surface area contributed by atoms with E-state index < -0.39 is 0 Å². The molecule has 2 N–H and O–H groups in total. The summed E-state index contributed by atoms with van der Waals surface area (Å²) < 4.78 is 0. The molecule has 0 saturated carbocycles. The molecule has 8 nitrogen and oxygen atoms in total. The zero-order chi connectivity index (χ0) is 25.6. The first-order chi connectivity index (χ1) is 18.8. The van der Waals surface area contributed by atoms with E-state index in [1.165, 1.54) is 11.1 Å². The fourth-order valence-corrected chi connectivity index (χ4v) is 4.97. The third kappa shape index (κ3) is 5.10. The molecule has 6 rings (SSSR count). The predicted octanol–water partition coefficient (Wildman–Crippen LogP) is 5.46. The van der Waals surface area contributed by atoms with Crippen LogP contribution in [0, 0.1) is 0 Å². The van der Waals surface area contributed by atoms with Gasteiger partial charge in [0.15, 0.2) is 5.82 Å². The molecule has 188 valence electrons. The van der Waals surface area contributed by atoms with Crippen LogP contribution in [-0.2, 0) is 6.42 Å². The third-order valence-corrected chi connectivity index (χ3v) is 6.77. The molecule has 2 heterocycles. The van der Waals surface area contributed by atoms with Crippen LogP contribution in [-0.4, -0.2) is 26.5 Å². The van der Waals surface area contributed by atoms with Gasteiger partial charge in [0, 0.05) is 12.8 Å². The summed E-state index contributed by atoms with van der Waals surface area (Å²) in [6.07, 6.45) is 1.34. The monoisotopic (exact) mass is 500 g/mol. The minimum atomic E-state index is 0.108. The number of rotatable bonds is 9. The van der Waals surface area contributed by atoms with Crippen LogP contribution in [0.5, 0.6) is 0 Å². The van der Waals surface area contributed by atoms with Crippen molar-refractivity contribution >= 4 is 17.2 Å². The van der Waals surface area contributed by atoms with Crippen molar-refractivity contribution in [2.24, 2.45) is 5.10 Å². The van der Waals surface area contributed by atoms with Gasteiger partial charge in [0.25, 0.3) is 0 Å². The lowest BCUT2D eigenvalue weighted by atomic mass is 9.77. The molecule has 1 aromatic heterocycles. The Labute approximate surface area is 221 Å². The quantitative estimate of drug-likeness (QED) is 0.280. The number of hydrazone groups is 1. The van der Waals surface area contributed by atoms with E-state index in [9.17, 15) is 0 Å². The van der Waals surface area contributed by atoms with Crippen molar-refractivity contribution in [1.29, 1.82) is 0 Å². The van der Waals surface area contributed by atoms with Crippen LogP contribution in [0.1, 0.15) is 35.2 Å². The second kappa shape index (κ2) is 11.0. The van der Waals surface area contributed by atoms with Crippen LogP contribution in [0.15, 0.2) is 126 Å². The van der Waals surface area contributed by atoms with Gasteiger partial charge in [0.1, 0.15) is 5.84 Å². The van der Waals surface area contributed by atoms with Crippen LogP contribution >= 0.6 is 0 Å². The van der Waals surface area contributed by atoms with Gasteiger partial charge in [0.05, 0.1) is 11.4 Å². The van der Waals surface area contributed by atoms with E-state index in [1.54, 1.807) is 0 Å².